The summed E-state index contributed by atoms with van der Waals surface area (Å²) in [6.45, 7) is 4.06. The lowest BCUT2D eigenvalue weighted by Gasteiger charge is -2.09. The molecule has 0 spiro atoms. The first kappa shape index (κ1) is 16.0. The molecule has 7 heteroatoms. The van der Waals surface area contributed by atoms with Crippen molar-refractivity contribution in [3.05, 3.63) is 64.7 Å². The van der Waals surface area contributed by atoms with Crippen molar-refractivity contribution in [2.75, 3.05) is 5.32 Å². The number of hydrogen-bond acceptors (Lipinski definition) is 4. The van der Waals surface area contributed by atoms with E-state index in [1.807, 2.05) is 36.7 Å². The zero-order valence-electron chi connectivity index (χ0n) is 14.4. The molecular weight excluding hydrogens is 330 g/mol. The molecule has 0 aliphatic rings. The quantitative estimate of drug-likeness (QED) is 0.595. The number of nitrogens with one attached hydrogen (secondary N) is 2. The topological polar surface area (TPSA) is 92.7 Å². The van der Waals surface area contributed by atoms with Crippen molar-refractivity contribution in [1.82, 2.24) is 19.7 Å². The first-order valence-corrected chi connectivity index (χ1v) is 8.29. The second kappa shape index (κ2) is 6.11. The van der Waals surface area contributed by atoms with E-state index in [-0.39, 0.29) is 17.5 Å². The molecule has 0 unspecified atom stereocenters. The molecule has 7 nitrogen and oxygen atoms in total. The molecule has 0 fully saturated rings. The van der Waals surface area contributed by atoms with E-state index in [2.05, 4.69) is 20.4 Å². The molecular formula is C19H17N5O2. The lowest BCUT2D eigenvalue weighted by molar-refractivity contribution is 0.102. The van der Waals surface area contributed by atoms with Crippen molar-refractivity contribution in [3.8, 4) is 0 Å². The first-order valence-electron chi connectivity index (χ1n) is 8.29. The normalized spacial score (nSPS) is 11.3. The average molecular weight is 347 g/mol. The van der Waals surface area contributed by atoms with Gasteiger partial charge in [-0.2, -0.15) is 5.10 Å². The Balaban J connectivity index is 1.71. The van der Waals surface area contributed by atoms with E-state index in [1.54, 1.807) is 24.5 Å². The van der Waals surface area contributed by atoms with Gasteiger partial charge in [0.1, 0.15) is 0 Å². The van der Waals surface area contributed by atoms with Crippen LogP contribution >= 0.6 is 0 Å². The van der Waals surface area contributed by atoms with Gasteiger partial charge in [-0.1, -0.05) is 18.2 Å². The number of aromatic nitrogens is 4. The zero-order chi connectivity index (χ0) is 18.3. The molecule has 4 rings (SSSR count). The summed E-state index contributed by atoms with van der Waals surface area (Å²) in [4.78, 5) is 31.7. The van der Waals surface area contributed by atoms with Crippen LogP contribution in [0.1, 0.15) is 30.2 Å². The van der Waals surface area contributed by atoms with Crippen molar-refractivity contribution < 1.29 is 4.79 Å². The van der Waals surface area contributed by atoms with Crippen molar-refractivity contribution >= 4 is 33.5 Å². The van der Waals surface area contributed by atoms with E-state index in [4.69, 9.17) is 0 Å². The third-order valence-corrected chi connectivity index (χ3v) is 4.18. The minimum atomic E-state index is -0.357. The van der Waals surface area contributed by atoms with Gasteiger partial charge in [-0.05, 0) is 26.0 Å². The number of amides is 1. The van der Waals surface area contributed by atoms with Gasteiger partial charge in [-0.15, -0.1) is 0 Å². The number of fused-ring (bicyclic) bond motifs is 2. The highest BCUT2D eigenvalue weighted by atomic mass is 16.2. The predicted molar refractivity (Wildman–Crippen MR) is 100 cm³/mol. The van der Waals surface area contributed by atoms with E-state index < -0.39 is 0 Å². The van der Waals surface area contributed by atoms with Gasteiger partial charge in [0.05, 0.1) is 23.6 Å². The fourth-order valence-corrected chi connectivity index (χ4v) is 2.98. The monoisotopic (exact) mass is 347 g/mol. The minimum Gasteiger partial charge on any atom is -0.322 e. The van der Waals surface area contributed by atoms with Crippen LogP contribution in [0.15, 0.2) is 53.6 Å². The molecule has 3 aromatic heterocycles. The molecule has 0 aliphatic carbocycles. The van der Waals surface area contributed by atoms with Gasteiger partial charge in [0.25, 0.3) is 5.91 Å². The third-order valence-electron chi connectivity index (χ3n) is 4.18. The smallest absolute Gasteiger partial charge is 0.256 e. The maximum Gasteiger partial charge on any atom is 0.256 e. The predicted octanol–water partition coefficient (Wildman–Crippen LogP) is 3.11. The number of carbonyl (C=O) groups excluding carboxylic acids is 1. The molecule has 0 saturated carbocycles. The molecule has 1 aromatic carbocycles. The Kier molecular flexibility index (Phi) is 3.76. The largest absolute Gasteiger partial charge is 0.322 e. The Morgan fingerprint density at radius 1 is 1.19 bits per heavy atom. The summed E-state index contributed by atoms with van der Waals surface area (Å²) in [5.74, 6) is -0.357. The van der Waals surface area contributed by atoms with Crippen molar-refractivity contribution in [1.29, 1.82) is 0 Å². The standard InChI is InChI=1S/C19H17N5O2/c1-11(2)24-18-12(9-21-24)7-13(10-20-18)22-19(26)15-8-17(25)23-16-6-4-3-5-14(15)16/h3-11H,1-2H3,(H,22,26)(H,23,25). The van der Waals surface area contributed by atoms with Gasteiger partial charge in [-0.3, -0.25) is 9.59 Å². The first-order chi connectivity index (χ1) is 12.5. The molecule has 4 aromatic rings. The highest BCUT2D eigenvalue weighted by Crippen LogP contribution is 2.21. The number of rotatable bonds is 3. The van der Waals surface area contributed by atoms with Crippen LogP contribution in [-0.2, 0) is 0 Å². The molecule has 130 valence electrons. The molecule has 1 amide bonds. The maximum atomic E-state index is 12.7. The number of para-hydroxylation sites is 1. The Labute approximate surface area is 148 Å². The molecule has 0 atom stereocenters. The van der Waals surface area contributed by atoms with Crippen LogP contribution in [0.25, 0.3) is 21.9 Å². The van der Waals surface area contributed by atoms with Crippen molar-refractivity contribution in [2.45, 2.75) is 19.9 Å². The second-order valence-corrected chi connectivity index (χ2v) is 6.37. The van der Waals surface area contributed by atoms with Crippen LogP contribution in [0, 0.1) is 0 Å². The molecule has 26 heavy (non-hydrogen) atoms. The van der Waals surface area contributed by atoms with Gasteiger partial charge in [-0.25, -0.2) is 9.67 Å². The third kappa shape index (κ3) is 2.73. The maximum absolute atomic E-state index is 12.7. The van der Waals surface area contributed by atoms with Crippen LogP contribution in [0.5, 0.6) is 0 Å². The Morgan fingerprint density at radius 3 is 2.81 bits per heavy atom. The van der Waals surface area contributed by atoms with Crippen LogP contribution in [0.3, 0.4) is 0 Å². The Hall–Kier alpha value is -3.48. The molecule has 3 heterocycles. The van der Waals surface area contributed by atoms with Crippen molar-refractivity contribution in [3.63, 3.8) is 0 Å². The fraction of sp³-hybridized carbons (Fsp3) is 0.158. The minimum absolute atomic E-state index is 0.197. The number of pyridine rings is 2. The van der Waals surface area contributed by atoms with Gasteiger partial charge >= 0.3 is 0 Å². The number of aromatic amines is 1. The summed E-state index contributed by atoms with van der Waals surface area (Å²) in [6, 6.07) is 10.5. The fourth-order valence-electron chi connectivity index (χ4n) is 2.98. The number of H-pyrrole nitrogens is 1. The molecule has 0 bridgehead atoms. The highest BCUT2D eigenvalue weighted by molar-refractivity contribution is 6.12. The van der Waals surface area contributed by atoms with E-state index in [9.17, 15) is 9.59 Å². The number of benzene rings is 1. The SMILES string of the molecule is CC(C)n1ncc2cc(NC(=O)c3cc(=O)[nH]c4ccccc34)cnc21. The average Bonchev–Trinajstić information content (AvgIpc) is 3.04. The Bertz CT molecular complexity index is 1190. The van der Waals surface area contributed by atoms with E-state index in [0.717, 1.165) is 11.0 Å². The van der Waals surface area contributed by atoms with Crippen LogP contribution in [-0.4, -0.2) is 25.7 Å². The Morgan fingerprint density at radius 2 is 2.00 bits per heavy atom. The number of carbonyl (C=O) groups is 1. The lowest BCUT2D eigenvalue weighted by atomic mass is 10.1. The van der Waals surface area contributed by atoms with Crippen LogP contribution in [0.2, 0.25) is 0 Å². The van der Waals surface area contributed by atoms with Gasteiger partial charge in [0.15, 0.2) is 5.65 Å². The van der Waals surface area contributed by atoms with Crippen LogP contribution in [0.4, 0.5) is 5.69 Å². The molecule has 0 radical (unpaired) electrons. The van der Waals surface area contributed by atoms with Gasteiger partial charge in [0.2, 0.25) is 5.56 Å². The molecule has 0 aliphatic heterocycles. The van der Waals surface area contributed by atoms with E-state index >= 15 is 0 Å². The summed E-state index contributed by atoms with van der Waals surface area (Å²) in [6.07, 6.45) is 3.32. The number of anilines is 1. The highest BCUT2D eigenvalue weighted by Gasteiger charge is 2.13. The summed E-state index contributed by atoms with van der Waals surface area (Å²) >= 11 is 0. The van der Waals surface area contributed by atoms with Gasteiger partial charge in [0, 0.05) is 28.4 Å². The summed E-state index contributed by atoms with van der Waals surface area (Å²) < 4.78 is 1.82. The van der Waals surface area contributed by atoms with E-state index in [0.29, 0.717) is 22.2 Å². The lowest BCUT2D eigenvalue weighted by Crippen LogP contribution is -2.17. The van der Waals surface area contributed by atoms with Crippen molar-refractivity contribution in [2.24, 2.45) is 0 Å². The zero-order valence-corrected chi connectivity index (χ0v) is 14.4. The van der Waals surface area contributed by atoms with Crippen LogP contribution < -0.4 is 10.9 Å². The molecule has 0 saturated heterocycles. The summed E-state index contributed by atoms with van der Waals surface area (Å²) in [5, 5.41) is 8.67. The summed E-state index contributed by atoms with van der Waals surface area (Å²) in [5.41, 5.74) is 1.94. The molecule has 2 N–H and O–H groups in total. The second-order valence-electron chi connectivity index (χ2n) is 6.37. The number of hydrogen-bond donors (Lipinski definition) is 2. The summed E-state index contributed by atoms with van der Waals surface area (Å²) in [7, 11) is 0. The number of nitrogens with zero attached hydrogens (tertiary/aromatic N) is 3. The van der Waals surface area contributed by atoms with Gasteiger partial charge < -0.3 is 10.3 Å². The van der Waals surface area contributed by atoms with E-state index in [1.165, 1.54) is 6.07 Å².